The second kappa shape index (κ2) is 6.86. The van der Waals surface area contributed by atoms with Crippen molar-refractivity contribution >= 4 is 62.6 Å². The third kappa shape index (κ3) is 3.57. The quantitative estimate of drug-likeness (QED) is 0.473. The first-order valence-corrected chi connectivity index (χ1v) is 8.86. The predicted molar refractivity (Wildman–Crippen MR) is 96.5 cm³/mol. The van der Waals surface area contributed by atoms with E-state index in [0.29, 0.717) is 15.2 Å². The zero-order chi connectivity index (χ0) is 17.3. The number of thiophene rings is 1. The standard InChI is InChI=1S/C14H7Cl2N3O3S2/c15-9-2-1-7(19(21)22)5-8(9)13(20)18-14-17-10(6-23-14)11-3-4-12(16)24-11/h1-6H,(H,17,18,20). The Labute approximate surface area is 153 Å². The van der Waals surface area contributed by atoms with Crippen LogP contribution in [0.3, 0.4) is 0 Å². The van der Waals surface area contributed by atoms with E-state index in [1.54, 1.807) is 11.4 Å². The van der Waals surface area contributed by atoms with Gasteiger partial charge >= 0.3 is 0 Å². The Balaban J connectivity index is 1.82. The molecule has 0 fully saturated rings. The molecular weight excluding hydrogens is 393 g/mol. The lowest BCUT2D eigenvalue weighted by atomic mass is 10.2. The summed E-state index contributed by atoms with van der Waals surface area (Å²) in [6, 6.07) is 7.29. The van der Waals surface area contributed by atoms with E-state index in [9.17, 15) is 14.9 Å². The van der Waals surface area contributed by atoms with Crippen LogP contribution >= 0.6 is 45.9 Å². The molecule has 10 heteroatoms. The number of rotatable bonds is 4. The number of anilines is 1. The number of aromatic nitrogens is 1. The number of hydrogen-bond donors (Lipinski definition) is 1. The number of hydrogen-bond acceptors (Lipinski definition) is 6. The average Bonchev–Trinajstić information content (AvgIpc) is 3.16. The highest BCUT2D eigenvalue weighted by molar-refractivity contribution is 7.20. The maximum absolute atomic E-state index is 12.3. The van der Waals surface area contributed by atoms with Gasteiger partial charge in [0.1, 0.15) is 0 Å². The van der Waals surface area contributed by atoms with Gasteiger partial charge in [0.15, 0.2) is 5.13 Å². The lowest BCUT2D eigenvalue weighted by Crippen LogP contribution is -2.12. The van der Waals surface area contributed by atoms with Gasteiger partial charge < -0.3 is 0 Å². The molecule has 0 saturated carbocycles. The van der Waals surface area contributed by atoms with Crippen molar-refractivity contribution in [3.05, 3.63) is 60.7 Å². The molecule has 24 heavy (non-hydrogen) atoms. The maximum atomic E-state index is 12.3. The van der Waals surface area contributed by atoms with Crippen LogP contribution in [-0.4, -0.2) is 15.8 Å². The number of nitrogens with one attached hydrogen (secondary N) is 1. The second-order valence-electron chi connectivity index (χ2n) is 4.52. The lowest BCUT2D eigenvalue weighted by Gasteiger charge is -2.04. The topological polar surface area (TPSA) is 85.1 Å². The highest BCUT2D eigenvalue weighted by atomic mass is 35.5. The number of benzene rings is 1. The molecule has 3 rings (SSSR count). The SMILES string of the molecule is O=C(Nc1nc(-c2ccc(Cl)s2)cs1)c1cc([N+](=O)[O-])ccc1Cl. The van der Waals surface area contributed by atoms with Crippen molar-refractivity contribution in [1.82, 2.24) is 4.98 Å². The smallest absolute Gasteiger partial charge is 0.270 e. The van der Waals surface area contributed by atoms with Crippen molar-refractivity contribution in [2.75, 3.05) is 5.32 Å². The molecule has 0 aliphatic rings. The molecule has 0 bridgehead atoms. The Morgan fingerprint density at radius 1 is 1.25 bits per heavy atom. The van der Waals surface area contributed by atoms with Crippen LogP contribution in [0.1, 0.15) is 10.4 Å². The molecule has 0 unspecified atom stereocenters. The summed E-state index contributed by atoms with van der Waals surface area (Å²) in [6.07, 6.45) is 0. The van der Waals surface area contributed by atoms with E-state index in [4.69, 9.17) is 23.2 Å². The molecule has 1 aromatic carbocycles. The van der Waals surface area contributed by atoms with Gasteiger partial charge in [-0.3, -0.25) is 20.2 Å². The van der Waals surface area contributed by atoms with Gasteiger partial charge in [-0.25, -0.2) is 4.98 Å². The molecule has 0 aliphatic heterocycles. The highest BCUT2D eigenvalue weighted by Gasteiger charge is 2.17. The molecule has 0 spiro atoms. The van der Waals surface area contributed by atoms with Crippen LogP contribution in [0, 0.1) is 10.1 Å². The molecule has 6 nitrogen and oxygen atoms in total. The summed E-state index contributed by atoms with van der Waals surface area (Å²) >= 11 is 14.5. The largest absolute Gasteiger partial charge is 0.298 e. The number of non-ortho nitro benzene ring substituents is 1. The number of nitrogens with zero attached hydrogens (tertiary/aromatic N) is 2. The Hall–Kier alpha value is -2.00. The van der Waals surface area contributed by atoms with E-state index in [2.05, 4.69) is 10.3 Å². The third-order valence-corrected chi connectivity index (χ3v) is 5.30. The first-order valence-electron chi connectivity index (χ1n) is 6.40. The monoisotopic (exact) mass is 399 g/mol. The van der Waals surface area contributed by atoms with Gasteiger partial charge in [-0.05, 0) is 18.2 Å². The van der Waals surface area contributed by atoms with Crippen molar-refractivity contribution < 1.29 is 9.72 Å². The van der Waals surface area contributed by atoms with Gasteiger partial charge in [0, 0.05) is 17.5 Å². The van der Waals surface area contributed by atoms with Crippen LogP contribution in [-0.2, 0) is 0 Å². The van der Waals surface area contributed by atoms with Gasteiger partial charge in [-0.15, -0.1) is 22.7 Å². The first-order chi connectivity index (χ1) is 11.4. The zero-order valence-electron chi connectivity index (χ0n) is 11.7. The van der Waals surface area contributed by atoms with Crippen LogP contribution < -0.4 is 5.32 Å². The van der Waals surface area contributed by atoms with E-state index in [1.807, 2.05) is 6.07 Å². The Morgan fingerprint density at radius 2 is 2.04 bits per heavy atom. The molecule has 0 saturated heterocycles. The minimum absolute atomic E-state index is 0.0155. The molecule has 122 valence electrons. The number of amides is 1. The molecule has 3 aromatic rings. The fourth-order valence-electron chi connectivity index (χ4n) is 1.86. The van der Waals surface area contributed by atoms with E-state index in [0.717, 1.165) is 10.9 Å². The summed E-state index contributed by atoms with van der Waals surface area (Å²) < 4.78 is 0.645. The molecule has 0 atom stereocenters. The molecule has 2 aromatic heterocycles. The Bertz CT molecular complexity index is 939. The molecule has 1 amide bonds. The maximum Gasteiger partial charge on any atom is 0.270 e. The summed E-state index contributed by atoms with van der Waals surface area (Å²) in [5.74, 6) is -0.561. The normalized spacial score (nSPS) is 10.6. The number of halogens is 2. The first kappa shape index (κ1) is 16.8. The summed E-state index contributed by atoms with van der Waals surface area (Å²) in [6.45, 7) is 0. The fraction of sp³-hybridized carbons (Fsp3) is 0. The lowest BCUT2D eigenvalue weighted by molar-refractivity contribution is -0.384. The summed E-state index contributed by atoms with van der Waals surface area (Å²) in [4.78, 5) is 27.7. The van der Waals surface area contributed by atoms with Crippen LogP contribution in [0.15, 0.2) is 35.7 Å². The van der Waals surface area contributed by atoms with E-state index in [1.165, 1.54) is 34.8 Å². The van der Waals surface area contributed by atoms with Crippen molar-refractivity contribution in [2.24, 2.45) is 0 Å². The summed E-state index contributed by atoms with van der Waals surface area (Å²) in [5, 5.41) is 15.7. The number of thiazole rings is 1. The molecule has 1 N–H and O–H groups in total. The average molecular weight is 400 g/mol. The minimum atomic E-state index is -0.588. The van der Waals surface area contributed by atoms with Crippen LogP contribution in [0.4, 0.5) is 10.8 Å². The zero-order valence-corrected chi connectivity index (χ0v) is 14.8. The van der Waals surface area contributed by atoms with Gasteiger partial charge in [0.2, 0.25) is 0 Å². The molecular formula is C14H7Cl2N3O3S2. The van der Waals surface area contributed by atoms with Crippen LogP contribution in [0.2, 0.25) is 9.36 Å². The summed E-state index contributed by atoms with van der Waals surface area (Å²) in [7, 11) is 0. The van der Waals surface area contributed by atoms with Crippen molar-refractivity contribution in [2.45, 2.75) is 0 Å². The van der Waals surface area contributed by atoms with Gasteiger partial charge in [-0.2, -0.15) is 0 Å². The number of nitro benzene ring substituents is 1. The number of nitro groups is 1. The highest BCUT2D eigenvalue weighted by Crippen LogP contribution is 2.33. The Kier molecular flexibility index (Phi) is 4.81. The van der Waals surface area contributed by atoms with E-state index in [-0.39, 0.29) is 16.3 Å². The molecule has 0 aliphatic carbocycles. The van der Waals surface area contributed by atoms with Crippen molar-refractivity contribution in [1.29, 1.82) is 0 Å². The third-order valence-electron chi connectivity index (χ3n) is 2.96. The minimum Gasteiger partial charge on any atom is -0.298 e. The number of carbonyl (C=O) groups excluding carboxylic acids is 1. The predicted octanol–water partition coefficient (Wildman–Crippen LogP) is 5.34. The second-order valence-corrected chi connectivity index (χ2v) is 7.50. The van der Waals surface area contributed by atoms with Gasteiger partial charge in [-0.1, -0.05) is 23.2 Å². The van der Waals surface area contributed by atoms with Gasteiger partial charge in [0.25, 0.3) is 11.6 Å². The van der Waals surface area contributed by atoms with Gasteiger partial charge in [0.05, 0.1) is 30.4 Å². The van der Waals surface area contributed by atoms with E-state index < -0.39 is 10.8 Å². The Morgan fingerprint density at radius 3 is 2.71 bits per heavy atom. The number of carbonyl (C=O) groups is 1. The van der Waals surface area contributed by atoms with E-state index >= 15 is 0 Å². The summed E-state index contributed by atoms with van der Waals surface area (Å²) in [5.41, 5.74) is 0.497. The van der Waals surface area contributed by atoms with Crippen LogP contribution in [0.5, 0.6) is 0 Å². The fourth-order valence-corrected chi connectivity index (χ4v) is 3.85. The van der Waals surface area contributed by atoms with Crippen molar-refractivity contribution in [3.8, 4) is 10.6 Å². The van der Waals surface area contributed by atoms with Crippen LogP contribution in [0.25, 0.3) is 10.6 Å². The van der Waals surface area contributed by atoms with Crippen molar-refractivity contribution in [3.63, 3.8) is 0 Å². The molecule has 0 radical (unpaired) electrons. The molecule has 2 heterocycles.